The van der Waals surface area contributed by atoms with E-state index in [4.69, 9.17) is 0 Å². The molecule has 1 N–H and O–H groups in total. The minimum Gasteiger partial charge on any atom is -0.312 e. The van der Waals surface area contributed by atoms with Gasteiger partial charge in [0.05, 0.1) is 0 Å². The smallest absolute Gasteiger partial charge is 0.0123 e. The molecule has 2 heteroatoms. The maximum Gasteiger partial charge on any atom is 0.0123 e. The van der Waals surface area contributed by atoms with E-state index in [1.807, 2.05) is 0 Å². The van der Waals surface area contributed by atoms with Crippen molar-refractivity contribution in [3.63, 3.8) is 0 Å². The highest BCUT2D eigenvalue weighted by atomic mass is 15.2. The summed E-state index contributed by atoms with van der Waals surface area (Å²) in [7, 11) is 0. The fourth-order valence-corrected chi connectivity index (χ4v) is 3.75. The van der Waals surface area contributed by atoms with Crippen LogP contribution in [-0.4, -0.2) is 36.1 Å². The molecule has 0 unspecified atom stereocenters. The summed E-state index contributed by atoms with van der Waals surface area (Å²) in [5.41, 5.74) is 0.273. The van der Waals surface area contributed by atoms with Crippen molar-refractivity contribution >= 4 is 0 Å². The lowest BCUT2D eigenvalue weighted by molar-refractivity contribution is 0.0598. The van der Waals surface area contributed by atoms with Crippen molar-refractivity contribution in [1.29, 1.82) is 0 Å². The first-order valence-electron chi connectivity index (χ1n) is 8.05. The highest BCUT2D eigenvalue weighted by molar-refractivity contribution is 4.87. The van der Waals surface area contributed by atoms with Crippen molar-refractivity contribution in [1.82, 2.24) is 10.2 Å². The standard InChI is InChI=1S/C16H32N2/c1-16(2,3)17-11-7-13-18-12-6-9-14-8-4-5-10-15(14)18/h14-15,17H,4-13H2,1-3H3/t14-,15-/m1/s1. The first-order valence-corrected chi connectivity index (χ1v) is 8.05. The molecule has 2 fully saturated rings. The molecule has 0 bridgehead atoms. The van der Waals surface area contributed by atoms with E-state index >= 15 is 0 Å². The van der Waals surface area contributed by atoms with Crippen molar-refractivity contribution in [3.8, 4) is 0 Å². The molecule has 2 nitrogen and oxygen atoms in total. The van der Waals surface area contributed by atoms with E-state index in [-0.39, 0.29) is 5.54 Å². The van der Waals surface area contributed by atoms with E-state index in [0.29, 0.717) is 0 Å². The van der Waals surface area contributed by atoms with Gasteiger partial charge in [-0.3, -0.25) is 0 Å². The molecule has 0 aromatic heterocycles. The van der Waals surface area contributed by atoms with Crippen molar-refractivity contribution in [2.75, 3.05) is 19.6 Å². The van der Waals surface area contributed by atoms with Crippen LogP contribution in [0.5, 0.6) is 0 Å². The highest BCUT2D eigenvalue weighted by Crippen LogP contribution is 2.35. The van der Waals surface area contributed by atoms with E-state index < -0.39 is 0 Å². The Morgan fingerprint density at radius 3 is 2.56 bits per heavy atom. The van der Waals surface area contributed by atoms with Crippen LogP contribution in [0.4, 0.5) is 0 Å². The Bertz CT molecular complexity index is 242. The number of piperidine rings is 1. The van der Waals surface area contributed by atoms with Gasteiger partial charge < -0.3 is 10.2 Å². The molecule has 2 rings (SSSR count). The molecule has 2 atom stereocenters. The number of fused-ring (bicyclic) bond motifs is 1. The number of hydrogen-bond donors (Lipinski definition) is 1. The molecule has 1 aliphatic heterocycles. The van der Waals surface area contributed by atoms with Crippen LogP contribution < -0.4 is 5.32 Å². The van der Waals surface area contributed by atoms with Crippen LogP contribution in [0.15, 0.2) is 0 Å². The molecule has 0 radical (unpaired) electrons. The Hall–Kier alpha value is -0.0800. The second kappa shape index (κ2) is 6.38. The lowest BCUT2D eigenvalue weighted by atomic mass is 9.78. The quantitative estimate of drug-likeness (QED) is 0.771. The van der Waals surface area contributed by atoms with Gasteiger partial charge >= 0.3 is 0 Å². The van der Waals surface area contributed by atoms with Gasteiger partial charge in [-0.25, -0.2) is 0 Å². The van der Waals surface area contributed by atoms with E-state index in [0.717, 1.165) is 18.5 Å². The van der Waals surface area contributed by atoms with Crippen LogP contribution in [0, 0.1) is 5.92 Å². The van der Waals surface area contributed by atoms with Crippen LogP contribution in [0.3, 0.4) is 0 Å². The summed E-state index contributed by atoms with van der Waals surface area (Å²) in [5.74, 6) is 1.03. The third-order valence-corrected chi connectivity index (χ3v) is 4.64. The number of hydrogen-bond acceptors (Lipinski definition) is 2. The molecule has 0 aromatic carbocycles. The van der Waals surface area contributed by atoms with Gasteiger partial charge in [0.1, 0.15) is 0 Å². The van der Waals surface area contributed by atoms with Gasteiger partial charge in [-0.15, -0.1) is 0 Å². The molecular formula is C16H32N2. The molecule has 0 spiro atoms. The zero-order chi connectivity index (χ0) is 13.0. The highest BCUT2D eigenvalue weighted by Gasteiger charge is 2.32. The minimum absolute atomic E-state index is 0.273. The zero-order valence-electron chi connectivity index (χ0n) is 12.7. The van der Waals surface area contributed by atoms with Gasteiger partial charge in [0, 0.05) is 11.6 Å². The Morgan fingerprint density at radius 1 is 1.06 bits per heavy atom. The van der Waals surface area contributed by atoms with Gasteiger partial charge in [-0.05, 0) is 78.4 Å². The van der Waals surface area contributed by atoms with Crippen LogP contribution >= 0.6 is 0 Å². The Balaban J connectivity index is 1.71. The average Bonchev–Trinajstić information content (AvgIpc) is 2.33. The van der Waals surface area contributed by atoms with Crippen molar-refractivity contribution < 1.29 is 0 Å². The van der Waals surface area contributed by atoms with Gasteiger partial charge in [-0.2, -0.15) is 0 Å². The largest absolute Gasteiger partial charge is 0.312 e. The lowest BCUT2D eigenvalue weighted by Crippen LogP contribution is -2.47. The first kappa shape index (κ1) is 14.3. The number of nitrogens with one attached hydrogen (secondary N) is 1. The van der Waals surface area contributed by atoms with Crippen LogP contribution in [-0.2, 0) is 0 Å². The van der Waals surface area contributed by atoms with E-state index in [1.165, 1.54) is 58.0 Å². The molecule has 0 aromatic rings. The Labute approximate surface area is 114 Å². The fraction of sp³-hybridized carbons (Fsp3) is 1.00. The van der Waals surface area contributed by atoms with Crippen molar-refractivity contribution in [3.05, 3.63) is 0 Å². The average molecular weight is 252 g/mol. The molecule has 1 aliphatic carbocycles. The summed E-state index contributed by atoms with van der Waals surface area (Å²) in [5, 5.41) is 3.61. The maximum absolute atomic E-state index is 3.61. The Morgan fingerprint density at radius 2 is 1.78 bits per heavy atom. The number of nitrogens with zero attached hydrogens (tertiary/aromatic N) is 1. The molecule has 2 aliphatic rings. The third-order valence-electron chi connectivity index (χ3n) is 4.64. The van der Waals surface area contributed by atoms with Gasteiger partial charge in [-0.1, -0.05) is 12.8 Å². The summed E-state index contributed by atoms with van der Waals surface area (Å²) in [4.78, 5) is 2.80. The SMILES string of the molecule is CC(C)(C)NCCCN1CCC[C@H]2CCCC[C@H]21. The zero-order valence-corrected chi connectivity index (χ0v) is 12.7. The lowest BCUT2D eigenvalue weighted by Gasteiger charge is -2.44. The summed E-state index contributed by atoms with van der Waals surface area (Å²) in [6, 6.07) is 0.933. The Kier molecular flexibility index (Phi) is 5.08. The van der Waals surface area contributed by atoms with Gasteiger partial charge in [0.25, 0.3) is 0 Å². The van der Waals surface area contributed by atoms with Crippen molar-refractivity contribution in [2.24, 2.45) is 5.92 Å². The third kappa shape index (κ3) is 4.24. The van der Waals surface area contributed by atoms with E-state index in [2.05, 4.69) is 31.0 Å². The van der Waals surface area contributed by atoms with Gasteiger partial charge in [0.15, 0.2) is 0 Å². The van der Waals surface area contributed by atoms with E-state index in [9.17, 15) is 0 Å². The second-order valence-corrected chi connectivity index (χ2v) is 7.32. The van der Waals surface area contributed by atoms with Crippen LogP contribution in [0.1, 0.15) is 65.7 Å². The predicted octanol–water partition coefficient (Wildman–Crippen LogP) is 3.42. The fourth-order valence-electron chi connectivity index (χ4n) is 3.75. The number of likely N-dealkylation sites (tertiary alicyclic amines) is 1. The molecule has 1 saturated carbocycles. The van der Waals surface area contributed by atoms with Crippen molar-refractivity contribution in [2.45, 2.75) is 77.3 Å². The summed E-state index contributed by atoms with van der Waals surface area (Å²) in [6.07, 6.45) is 10.2. The molecule has 18 heavy (non-hydrogen) atoms. The summed E-state index contributed by atoms with van der Waals surface area (Å²) in [6.45, 7) is 10.6. The van der Waals surface area contributed by atoms with Gasteiger partial charge in [0.2, 0.25) is 0 Å². The minimum atomic E-state index is 0.273. The predicted molar refractivity (Wildman–Crippen MR) is 78.9 cm³/mol. The molecular weight excluding hydrogens is 220 g/mol. The van der Waals surface area contributed by atoms with Crippen LogP contribution in [0.25, 0.3) is 0 Å². The molecule has 106 valence electrons. The monoisotopic (exact) mass is 252 g/mol. The topological polar surface area (TPSA) is 15.3 Å². The first-order chi connectivity index (χ1) is 8.56. The molecule has 0 amide bonds. The summed E-state index contributed by atoms with van der Waals surface area (Å²) < 4.78 is 0. The number of rotatable bonds is 4. The summed E-state index contributed by atoms with van der Waals surface area (Å²) >= 11 is 0. The van der Waals surface area contributed by atoms with Crippen LogP contribution in [0.2, 0.25) is 0 Å². The molecule has 1 heterocycles. The second-order valence-electron chi connectivity index (χ2n) is 7.32. The van der Waals surface area contributed by atoms with E-state index in [1.54, 1.807) is 0 Å². The normalized spacial score (nSPS) is 30.2. The molecule has 1 saturated heterocycles. The maximum atomic E-state index is 3.61.